The molecule has 1 atom stereocenters. The van der Waals surface area contributed by atoms with Crippen LogP contribution in [0.2, 0.25) is 0 Å². The number of rotatable bonds is 1. The molecule has 2 aromatic rings. The highest BCUT2D eigenvalue weighted by Gasteiger charge is 2.18. The quantitative estimate of drug-likeness (QED) is 0.822. The lowest BCUT2D eigenvalue weighted by Gasteiger charge is -2.24. The molecule has 0 amide bonds. The largest absolute Gasteiger partial charge is 0.344 e. The average molecular weight is 255 g/mol. The summed E-state index contributed by atoms with van der Waals surface area (Å²) in [5, 5.41) is 0. The van der Waals surface area contributed by atoms with E-state index in [0.717, 1.165) is 25.0 Å². The van der Waals surface area contributed by atoms with E-state index in [4.69, 9.17) is 5.73 Å². The molecule has 1 aliphatic rings. The van der Waals surface area contributed by atoms with Gasteiger partial charge in [-0.3, -0.25) is 4.98 Å². The summed E-state index contributed by atoms with van der Waals surface area (Å²) in [5.41, 5.74) is 12.5. The molecule has 0 spiro atoms. The van der Waals surface area contributed by atoms with Crippen molar-refractivity contribution in [2.75, 3.05) is 0 Å². The Balaban J connectivity index is 0.00000133. The van der Waals surface area contributed by atoms with Crippen LogP contribution >= 0.6 is 0 Å². The van der Waals surface area contributed by atoms with Gasteiger partial charge in [-0.05, 0) is 48.9 Å². The van der Waals surface area contributed by atoms with E-state index in [9.17, 15) is 0 Å². The fourth-order valence-electron chi connectivity index (χ4n) is 2.71. The molecule has 19 heavy (non-hydrogen) atoms. The summed E-state index contributed by atoms with van der Waals surface area (Å²) in [5.74, 6) is 0. The van der Waals surface area contributed by atoms with Crippen LogP contribution in [0.15, 0.2) is 36.5 Å². The van der Waals surface area contributed by atoms with Crippen LogP contribution in [-0.2, 0) is 12.8 Å². The number of hydrogen-bond acceptors (Lipinski definition) is 3. The summed E-state index contributed by atoms with van der Waals surface area (Å²) < 4.78 is 0. The van der Waals surface area contributed by atoms with Crippen molar-refractivity contribution in [2.24, 2.45) is 5.73 Å². The van der Waals surface area contributed by atoms with Gasteiger partial charge in [0.05, 0.1) is 0 Å². The zero-order chi connectivity index (χ0) is 12.5. The van der Waals surface area contributed by atoms with E-state index in [2.05, 4.69) is 35.3 Å². The Kier molecular flexibility index (Phi) is 3.98. The molecule has 0 saturated heterocycles. The number of aromatic nitrogens is 1. The average Bonchev–Trinajstić information content (AvgIpc) is 2.39. The molecule has 0 saturated carbocycles. The van der Waals surface area contributed by atoms with E-state index in [1.54, 1.807) is 0 Å². The highest BCUT2D eigenvalue weighted by atomic mass is 14.7. The van der Waals surface area contributed by atoms with Gasteiger partial charge >= 0.3 is 0 Å². The SMILES string of the molecule is Cc1ccc(-c2cccc3c2C[C@H](N)CC3)cn1.N. The van der Waals surface area contributed by atoms with Gasteiger partial charge < -0.3 is 11.9 Å². The number of pyridine rings is 1. The monoisotopic (exact) mass is 255 g/mol. The Morgan fingerprint density at radius 1 is 1.21 bits per heavy atom. The topological polar surface area (TPSA) is 73.9 Å². The number of nitrogens with zero attached hydrogens (tertiary/aromatic N) is 1. The Labute approximate surface area is 114 Å². The van der Waals surface area contributed by atoms with E-state index in [0.29, 0.717) is 6.04 Å². The van der Waals surface area contributed by atoms with E-state index in [1.807, 2.05) is 13.1 Å². The summed E-state index contributed by atoms with van der Waals surface area (Å²) in [4.78, 5) is 4.39. The number of benzene rings is 1. The first-order chi connectivity index (χ1) is 8.74. The molecule has 0 radical (unpaired) electrons. The second-order valence-corrected chi connectivity index (χ2v) is 5.13. The number of nitrogens with two attached hydrogens (primary N) is 1. The molecule has 1 heterocycles. The van der Waals surface area contributed by atoms with Gasteiger partial charge in [-0.2, -0.15) is 0 Å². The Hall–Kier alpha value is -1.71. The highest BCUT2D eigenvalue weighted by molar-refractivity contribution is 5.68. The maximum absolute atomic E-state index is 6.11. The highest BCUT2D eigenvalue weighted by Crippen LogP contribution is 2.30. The van der Waals surface area contributed by atoms with Crippen molar-refractivity contribution < 1.29 is 0 Å². The zero-order valence-corrected chi connectivity index (χ0v) is 11.4. The first-order valence-corrected chi connectivity index (χ1v) is 6.53. The van der Waals surface area contributed by atoms with Gasteiger partial charge in [0.25, 0.3) is 0 Å². The van der Waals surface area contributed by atoms with Crippen LogP contribution in [0.3, 0.4) is 0 Å². The Morgan fingerprint density at radius 2 is 2.05 bits per heavy atom. The lowest BCUT2D eigenvalue weighted by molar-refractivity contribution is 0.577. The minimum absolute atomic E-state index is 0. The van der Waals surface area contributed by atoms with Crippen molar-refractivity contribution in [1.29, 1.82) is 0 Å². The van der Waals surface area contributed by atoms with Crippen LogP contribution in [0.4, 0.5) is 0 Å². The van der Waals surface area contributed by atoms with Crippen molar-refractivity contribution >= 4 is 0 Å². The van der Waals surface area contributed by atoms with Crippen molar-refractivity contribution in [3.8, 4) is 11.1 Å². The number of hydrogen-bond donors (Lipinski definition) is 2. The van der Waals surface area contributed by atoms with Gasteiger partial charge in [0, 0.05) is 23.5 Å². The lowest BCUT2D eigenvalue weighted by Crippen LogP contribution is -2.28. The van der Waals surface area contributed by atoms with Gasteiger partial charge in [-0.1, -0.05) is 24.3 Å². The standard InChI is InChI=1S/C16H18N2.H3N/c1-11-5-6-13(10-18-11)15-4-2-3-12-7-8-14(17)9-16(12)15;/h2-6,10,14H,7-9,17H2,1H3;1H3/t14-;/m1./s1. The van der Waals surface area contributed by atoms with E-state index < -0.39 is 0 Å². The Bertz CT molecular complexity index is 561. The third-order valence-electron chi connectivity index (χ3n) is 3.75. The molecule has 1 aromatic carbocycles. The first-order valence-electron chi connectivity index (χ1n) is 6.53. The van der Waals surface area contributed by atoms with Gasteiger partial charge in [-0.25, -0.2) is 0 Å². The van der Waals surface area contributed by atoms with Crippen molar-refractivity contribution in [1.82, 2.24) is 11.1 Å². The second-order valence-electron chi connectivity index (χ2n) is 5.13. The summed E-state index contributed by atoms with van der Waals surface area (Å²) in [6, 6.07) is 11.1. The van der Waals surface area contributed by atoms with Crippen LogP contribution in [0.25, 0.3) is 11.1 Å². The molecule has 100 valence electrons. The minimum Gasteiger partial charge on any atom is -0.344 e. The van der Waals surface area contributed by atoms with Crippen molar-refractivity contribution in [2.45, 2.75) is 32.2 Å². The molecule has 0 fully saturated rings. The molecule has 5 N–H and O–H groups in total. The fraction of sp³-hybridized carbons (Fsp3) is 0.312. The third-order valence-corrected chi connectivity index (χ3v) is 3.75. The second kappa shape index (κ2) is 5.51. The maximum atomic E-state index is 6.11. The third kappa shape index (κ3) is 2.67. The fourth-order valence-corrected chi connectivity index (χ4v) is 2.71. The predicted octanol–water partition coefficient (Wildman–Crippen LogP) is 3.04. The van der Waals surface area contributed by atoms with Crippen molar-refractivity contribution in [3.05, 3.63) is 53.3 Å². The van der Waals surface area contributed by atoms with Crippen LogP contribution in [0.1, 0.15) is 23.2 Å². The normalized spacial score (nSPS) is 17.5. The van der Waals surface area contributed by atoms with Gasteiger partial charge in [0.1, 0.15) is 0 Å². The van der Waals surface area contributed by atoms with Crippen LogP contribution in [0, 0.1) is 6.92 Å². The van der Waals surface area contributed by atoms with E-state index in [1.165, 1.54) is 22.3 Å². The van der Waals surface area contributed by atoms with Gasteiger partial charge in [-0.15, -0.1) is 0 Å². The molecule has 1 aliphatic carbocycles. The van der Waals surface area contributed by atoms with E-state index >= 15 is 0 Å². The smallest absolute Gasteiger partial charge is 0.0373 e. The first kappa shape index (κ1) is 13.7. The summed E-state index contributed by atoms with van der Waals surface area (Å²) in [6.45, 7) is 2.01. The van der Waals surface area contributed by atoms with Gasteiger partial charge in [0.15, 0.2) is 0 Å². The zero-order valence-electron chi connectivity index (χ0n) is 11.4. The molecular formula is C16H21N3. The molecule has 1 aromatic heterocycles. The number of fused-ring (bicyclic) bond motifs is 1. The molecule has 0 aliphatic heterocycles. The van der Waals surface area contributed by atoms with E-state index in [-0.39, 0.29) is 6.15 Å². The molecule has 3 rings (SSSR count). The molecule has 0 bridgehead atoms. The summed E-state index contributed by atoms with van der Waals surface area (Å²) >= 11 is 0. The van der Waals surface area contributed by atoms with Crippen LogP contribution in [0.5, 0.6) is 0 Å². The lowest BCUT2D eigenvalue weighted by atomic mass is 9.84. The van der Waals surface area contributed by atoms with Crippen LogP contribution < -0.4 is 11.9 Å². The van der Waals surface area contributed by atoms with Crippen molar-refractivity contribution in [3.63, 3.8) is 0 Å². The molecule has 3 nitrogen and oxygen atoms in total. The minimum atomic E-state index is 0. The van der Waals surface area contributed by atoms with Gasteiger partial charge in [0.2, 0.25) is 0 Å². The summed E-state index contributed by atoms with van der Waals surface area (Å²) in [6.07, 6.45) is 5.15. The molecular weight excluding hydrogens is 234 g/mol. The maximum Gasteiger partial charge on any atom is 0.0373 e. The Morgan fingerprint density at radius 3 is 2.79 bits per heavy atom. The van der Waals surface area contributed by atoms with Crippen LogP contribution in [-0.4, -0.2) is 11.0 Å². The molecule has 0 unspecified atom stereocenters. The predicted molar refractivity (Wildman–Crippen MR) is 79.4 cm³/mol. The number of aryl methyl sites for hydroxylation is 2. The molecule has 3 heteroatoms. The summed E-state index contributed by atoms with van der Waals surface area (Å²) in [7, 11) is 0.